The Hall–Kier alpha value is -9.88. The molecule has 3 N–H and O–H groups in total. The number of nitrogens with one attached hydrogen (secondary N) is 3. The molecule has 6 heterocycles. The Morgan fingerprint density at radius 1 is 0.457 bits per heavy atom. The van der Waals surface area contributed by atoms with E-state index in [0.717, 1.165) is 53.8 Å². The van der Waals surface area contributed by atoms with Gasteiger partial charge in [-0.25, -0.2) is 29.9 Å². The number of Topliss-reactive ketones (excluding diaryl/α,β-unsaturated/α-hetero) is 1. The summed E-state index contributed by atoms with van der Waals surface area (Å²) in [6.07, 6.45) is 10.7. The molecule has 0 saturated heterocycles. The van der Waals surface area contributed by atoms with Crippen molar-refractivity contribution >= 4 is 61.9 Å². The Morgan fingerprint density at radius 3 is 1.28 bits per heavy atom. The summed E-state index contributed by atoms with van der Waals surface area (Å²) < 4.78 is 49.6. The molecule has 0 amide bonds. The van der Waals surface area contributed by atoms with Crippen molar-refractivity contribution in [2.45, 2.75) is 6.42 Å². The SMILES string of the molecule is COc1cc(-c2cnc3[nH]cc(C#Cc4ccccc4)c3n2)cc(OC)c1OC.COc1cc(-c2cnc3[nH]cc(C(=O)Cc4ccccc4)c3n2)cc(OC)c1OC.COc1cc(-c2cnc3[nH]cc(I)c3n2)cc(OC)c1OC. The predicted molar refractivity (Wildman–Crippen MR) is 317 cm³/mol. The maximum Gasteiger partial charge on any atom is 0.203 e. The van der Waals surface area contributed by atoms with E-state index in [2.05, 4.69) is 69.3 Å². The van der Waals surface area contributed by atoms with Gasteiger partial charge in [0.2, 0.25) is 17.2 Å². The number of fused-ring (bicyclic) bond motifs is 3. The highest BCUT2D eigenvalue weighted by Gasteiger charge is 2.21. The Labute approximate surface area is 479 Å². The van der Waals surface area contributed by atoms with Gasteiger partial charge in [0, 0.05) is 47.3 Å². The Balaban J connectivity index is 0.000000149. The fourth-order valence-electron chi connectivity index (χ4n) is 8.59. The smallest absolute Gasteiger partial charge is 0.203 e. The standard InChI is InChI=1S/C23H21N3O4.C23H19N3O3.C15H14IN3O3/c1-28-19-10-15(11-20(29-2)22(19)30-3)17-13-25-23-21(26-17)16(12-24-23)18(27)9-14-7-5-4-6-8-14;1-27-19-11-17(12-20(28-2)22(19)29-3)18-14-25-23-21(26-18)16(13-24-23)10-9-15-7-5-4-6-8-15;1-20-11-4-8(5-12(21-2)14(11)22-3)10-7-18-15-13(19-10)9(16)6-17-15/h4-8,10-13H,9H2,1-3H3,(H,24,25);4-8,11-14H,1-3H3,(H,24,25);4-7H,1-3H3,(H,17,18). The van der Waals surface area contributed by atoms with Gasteiger partial charge in [0.15, 0.2) is 57.2 Å². The lowest BCUT2D eigenvalue weighted by Crippen LogP contribution is -2.03. The van der Waals surface area contributed by atoms with E-state index >= 15 is 0 Å². The van der Waals surface area contributed by atoms with E-state index < -0.39 is 0 Å². The van der Waals surface area contributed by atoms with E-state index in [1.807, 2.05) is 97.3 Å². The highest BCUT2D eigenvalue weighted by molar-refractivity contribution is 14.1. The summed E-state index contributed by atoms with van der Waals surface area (Å²) >= 11 is 2.23. The van der Waals surface area contributed by atoms with Crippen molar-refractivity contribution in [3.05, 3.63) is 160 Å². The van der Waals surface area contributed by atoms with E-state index in [-0.39, 0.29) is 5.78 Å². The summed E-state index contributed by atoms with van der Waals surface area (Å²) in [5.41, 5.74) is 11.7. The second kappa shape index (κ2) is 25.7. The molecule has 6 aromatic heterocycles. The average Bonchev–Trinajstić information content (AvgIpc) is 4.46. The number of ether oxygens (including phenoxy) is 9. The minimum Gasteiger partial charge on any atom is -0.493 e. The van der Waals surface area contributed by atoms with Gasteiger partial charge in [0.05, 0.1) is 114 Å². The molecule has 11 aromatic rings. The zero-order chi connectivity index (χ0) is 57.0. The largest absolute Gasteiger partial charge is 0.493 e. The quantitative estimate of drug-likeness (QED) is 0.0493. The first-order valence-electron chi connectivity index (χ1n) is 24.8. The van der Waals surface area contributed by atoms with Gasteiger partial charge in [0.1, 0.15) is 16.6 Å². The lowest BCUT2D eigenvalue weighted by atomic mass is 10.0. The number of carbonyl (C=O) groups excluding carboxylic acids is 1. The van der Waals surface area contributed by atoms with Crippen LogP contribution in [-0.4, -0.2) is 115 Å². The van der Waals surface area contributed by atoms with Crippen LogP contribution in [0.25, 0.3) is 67.3 Å². The summed E-state index contributed by atoms with van der Waals surface area (Å²) in [5.74, 6) is 11.2. The fraction of sp³-hybridized carbons (Fsp3) is 0.164. The van der Waals surface area contributed by atoms with Crippen LogP contribution in [0.2, 0.25) is 0 Å². The molecule has 0 fully saturated rings. The summed E-state index contributed by atoms with van der Waals surface area (Å²) in [6.45, 7) is 0. The number of aromatic nitrogens is 9. The van der Waals surface area contributed by atoms with Crippen molar-refractivity contribution < 1.29 is 47.4 Å². The van der Waals surface area contributed by atoms with E-state index in [1.54, 1.807) is 101 Å². The lowest BCUT2D eigenvalue weighted by molar-refractivity contribution is 0.0994. The number of benzene rings is 5. The number of halogens is 1. The number of hydrogen-bond donors (Lipinski definition) is 3. The monoisotopic (exact) mass is 1200 g/mol. The normalized spacial score (nSPS) is 10.6. The summed E-state index contributed by atoms with van der Waals surface area (Å²) in [4.78, 5) is 49.6. The molecule has 81 heavy (non-hydrogen) atoms. The molecule has 410 valence electrons. The number of aromatic amines is 3. The second-order valence-electron chi connectivity index (χ2n) is 17.3. The fourth-order valence-corrected chi connectivity index (χ4v) is 9.13. The first kappa shape index (κ1) is 55.9. The van der Waals surface area contributed by atoms with Crippen LogP contribution in [0.15, 0.2) is 134 Å². The molecule has 5 aromatic carbocycles. The third-order valence-corrected chi connectivity index (χ3v) is 13.4. The third-order valence-electron chi connectivity index (χ3n) is 12.6. The third kappa shape index (κ3) is 12.2. The zero-order valence-corrected chi connectivity index (χ0v) is 47.7. The number of rotatable bonds is 15. The van der Waals surface area contributed by atoms with Gasteiger partial charge in [-0.3, -0.25) is 4.79 Å². The minimum atomic E-state index is -0.0243. The Kier molecular flexibility index (Phi) is 17.7. The van der Waals surface area contributed by atoms with E-state index in [1.165, 1.54) is 0 Å². The number of methoxy groups -OCH3 is 9. The molecule has 0 spiro atoms. The van der Waals surface area contributed by atoms with E-state index in [4.69, 9.17) is 52.6 Å². The van der Waals surface area contributed by atoms with E-state index in [9.17, 15) is 4.79 Å². The molecule has 19 nitrogen and oxygen atoms in total. The number of ketones is 1. The maximum absolute atomic E-state index is 12.9. The van der Waals surface area contributed by atoms with E-state index in [0.29, 0.717) is 97.4 Å². The van der Waals surface area contributed by atoms with Crippen molar-refractivity contribution in [1.82, 2.24) is 44.9 Å². The van der Waals surface area contributed by atoms with Crippen molar-refractivity contribution in [1.29, 1.82) is 0 Å². The molecule has 11 rings (SSSR count). The van der Waals surface area contributed by atoms with Crippen molar-refractivity contribution in [2.24, 2.45) is 0 Å². The Morgan fingerprint density at radius 2 is 0.840 bits per heavy atom. The van der Waals surface area contributed by atoms with Crippen LogP contribution in [-0.2, 0) is 6.42 Å². The van der Waals surface area contributed by atoms with Gasteiger partial charge in [-0.15, -0.1) is 0 Å². The van der Waals surface area contributed by atoms with Crippen LogP contribution in [0.5, 0.6) is 51.7 Å². The second-order valence-corrected chi connectivity index (χ2v) is 18.5. The first-order chi connectivity index (χ1) is 39.5. The predicted octanol–water partition coefficient (Wildman–Crippen LogP) is 11.4. The minimum absolute atomic E-state index is 0.0243. The molecule has 0 aliphatic carbocycles. The van der Waals surface area contributed by atoms with Crippen molar-refractivity contribution in [3.63, 3.8) is 0 Å². The number of hydrogen-bond acceptors (Lipinski definition) is 16. The van der Waals surface area contributed by atoms with Gasteiger partial charge >= 0.3 is 0 Å². The van der Waals surface area contributed by atoms with Crippen LogP contribution < -0.4 is 42.6 Å². The molecule has 0 bridgehead atoms. The number of carbonyl (C=O) groups is 1. The van der Waals surface area contributed by atoms with Gasteiger partial charge in [-0.2, -0.15) is 0 Å². The Bertz CT molecular complexity index is 4010. The molecule has 0 radical (unpaired) electrons. The number of H-pyrrole nitrogens is 3. The van der Waals surface area contributed by atoms with Crippen LogP contribution in [0, 0.1) is 15.4 Å². The first-order valence-corrected chi connectivity index (χ1v) is 25.9. The summed E-state index contributed by atoms with van der Waals surface area (Å²) in [7, 11) is 14.2. The van der Waals surface area contributed by atoms with Crippen LogP contribution in [0.1, 0.15) is 27.0 Å². The maximum atomic E-state index is 12.9. The van der Waals surface area contributed by atoms with Crippen LogP contribution >= 0.6 is 22.6 Å². The molecule has 0 aliphatic heterocycles. The average molecular weight is 1200 g/mol. The van der Waals surface area contributed by atoms with Gasteiger partial charge in [-0.05, 0) is 76.7 Å². The summed E-state index contributed by atoms with van der Waals surface area (Å²) in [5, 5.41) is 0. The number of nitrogens with zero attached hydrogens (tertiary/aromatic N) is 6. The molecule has 0 unspecified atom stereocenters. The van der Waals surface area contributed by atoms with Crippen LogP contribution in [0.3, 0.4) is 0 Å². The highest BCUT2D eigenvalue weighted by atomic mass is 127. The molecule has 0 saturated carbocycles. The van der Waals surface area contributed by atoms with Crippen LogP contribution in [0.4, 0.5) is 0 Å². The molecular formula is C61H54IN9O10. The molecular weight excluding hydrogens is 1150 g/mol. The molecule has 0 aliphatic rings. The van der Waals surface area contributed by atoms with Crippen molar-refractivity contribution in [2.75, 3.05) is 64.0 Å². The van der Waals surface area contributed by atoms with Gasteiger partial charge < -0.3 is 57.6 Å². The molecule has 0 atom stereocenters. The lowest BCUT2D eigenvalue weighted by Gasteiger charge is -2.13. The van der Waals surface area contributed by atoms with Gasteiger partial charge in [-0.1, -0.05) is 60.4 Å². The molecule has 20 heteroatoms. The zero-order valence-electron chi connectivity index (χ0n) is 45.6. The topological polar surface area (TPSA) is 225 Å². The van der Waals surface area contributed by atoms with Crippen molar-refractivity contribution in [3.8, 4) is 97.4 Å². The van der Waals surface area contributed by atoms with Gasteiger partial charge in [0.25, 0.3) is 0 Å². The highest BCUT2D eigenvalue weighted by Crippen LogP contribution is 2.43. The summed E-state index contributed by atoms with van der Waals surface area (Å²) in [6, 6.07) is 30.4.